The second kappa shape index (κ2) is 7.07. The largest absolute Gasteiger partial charge is 0.355 e. The first-order valence-corrected chi connectivity index (χ1v) is 6.11. The van der Waals surface area contributed by atoms with Gasteiger partial charge in [0.25, 0.3) is 0 Å². The summed E-state index contributed by atoms with van der Waals surface area (Å²) in [5, 5.41) is 5.72. The Kier molecular flexibility index (Phi) is 5.70. The molecule has 0 saturated carbocycles. The fourth-order valence-corrected chi connectivity index (χ4v) is 1.80. The third-order valence-corrected chi connectivity index (χ3v) is 2.79. The highest BCUT2D eigenvalue weighted by molar-refractivity contribution is 5.77. The molecule has 0 aliphatic heterocycles. The average Bonchev–Trinajstić information content (AvgIpc) is 2.29. The number of likely N-dealkylation sites (N-methyl/N-ethyl adjacent to an activating group) is 1. The molecular weight excluding hydrogens is 212 g/mol. The molecule has 1 amide bonds. The molecular formula is C14H22N2O. The molecule has 1 rings (SSSR count). The zero-order valence-electron chi connectivity index (χ0n) is 11.0. The van der Waals surface area contributed by atoms with Gasteiger partial charge in [0.05, 0.1) is 6.54 Å². The van der Waals surface area contributed by atoms with Gasteiger partial charge < -0.3 is 10.6 Å². The van der Waals surface area contributed by atoms with E-state index < -0.39 is 0 Å². The van der Waals surface area contributed by atoms with Crippen LogP contribution >= 0.6 is 0 Å². The van der Waals surface area contributed by atoms with E-state index in [2.05, 4.69) is 42.7 Å². The van der Waals surface area contributed by atoms with Crippen LogP contribution in [0.25, 0.3) is 0 Å². The summed E-state index contributed by atoms with van der Waals surface area (Å²) in [6.07, 6.45) is 2.01. The van der Waals surface area contributed by atoms with Crippen LogP contribution in [-0.4, -0.2) is 26.0 Å². The molecule has 0 aromatic heterocycles. The molecule has 0 bridgehead atoms. The van der Waals surface area contributed by atoms with Gasteiger partial charge in [0.1, 0.15) is 0 Å². The topological polar surface area (TPSA) is 41.1 Å². The van der Waals surface area contributed by atoms with Gasteiger partial charge >= 0.3 is 0 Å². The lowest BCUT2D eigenvalue weighted by atomic mass is 10.0. The van der Waals surface area contributed by atoms with E-state index in [1.165, 1.54) is 16.7 Å². The Labute approximate surface area is 104 Å². The molecule has 3 nitrogen and oxygen atoms in total. The molecule has 1 aromatic carbocycles. The Balaban J connectivity index is 2.31. The Bertz CT molecular complexity index is 374. The molecule has 0 atom stereocenters. The van der Waals surface area contributed by atoms with Crippen molar-refractivity contribution in [2.45, 2.75) is 26.7 Å². The number of aryl methyl sites for hydroxylation is 3. The molecule has 3 heteroatoms. The molecule has 0 heterocycles. The van der Waals surface area contributed by atoms with E-state index in [0.717, 1.165) is 19.4 Å². The van der Waals surface area contributed by atoms with E-state index >= 15 is 0 Å². The van der Waals surface area contributed by atoms with Crippen LogP contribution in [0.4, 0.5) is 0 Å². The van der Waals surface area contributed by atoms with Crippen molar-refractivity contribution >= 4 is 5.91 Å². The quantitative estimate of drug-likeness (QED) is 0.734. The first kappa shape index (κ1) is 13.7. The number of carbonyl (C=O) groups is 1. The maximum absolute atomic E-state index is 11.2. The van der Waals surface area contributed by atoms with Crippen molar-refractivity contribution in [3.8, 4) is 0 Å². The average molecular weight is 234 g/mol. The van der Waals surface area contributed by atoms with Crippen molar-refractivity contribution in [3.05, 3.63) is 34.9 Å². The summed E-state index contributed by atoms with van der Waals surface area (Å²) in [5.41, 5.74) is 4.01. The lowest BCUT2D eigenvalue weighted by Gasteiger charge is -2.08. The number of amides is 1. The zero-order valence-corrected chi connectivity index (χ0v) is 11.0. The van der Waals surface area contributed by atoms with Crippen molar-refractivity contribution in [2.75, 3.05) is 20.1 Å². The highest BCUT2D eigenvalue weighted by Gasteiger charge is 2.00. The maximum Gasteiger partial charge on any atom is 0.233 e. The van der Waals surface area contributed by atoms with E-state index in [1.807, 2.05) is 0 Å². The summed E-state index contributed by atoms with van der Waals surface area (Å²) in [6.45, 7) is 5.38. The van der Waals surface area contributed by atoms with Gasteiger partial charge in [-0.15, -0.1) is 0 Å². The minimum Gasteiger partial charge on any atom is -0.355 e. The number of hydrogen-bond acceptors (Lipinski definition) is 2. The van der Waals surface area contributed by atoms with Gasteiger partial charge in [0.2, 0.25) is 5.91 Å². The predicted octanol–water partition coefficient (Wildman–Crippen LogP) is 1.57. The molecule has 0 spiro atoms. The Morgan fingerprint density at radius 3 is 2.76 bits per heavy atom. The van der Waals surface area contributed by atoms with E-state index in [9.17, 15) is 4.79 Å². The van der Waals surface area contributed by atoms with Gasteiger partial charge in [-0.05, 0) is 44.9 Å². The molecule has 1 aromatic rings. The monoisotopic (exact) mass is 234 g/mol. The van der Waals surface area contributed by atoms with E-state index in [4.69, 9.17) is 0 Å². The molecule has 0 unspecified atom stereocenters. The summed E-state index contributed by atoms with van der Waals surface area (Å²) >= 11 is 0. The maximum atomic E-state index is 11.2. The van der Waals surface area contributed by atoms with Gasteiger partial charge in [0.15, 0.2) is 0 Å². The van der Waals surface area contributed by atoms with E-state index in [0.29, 0.717) is 6.54 Å². The molecule has 0 saturated heterocycles. The third-order valence-electron chi connectivity index (χ3n) is 2.79. The van der Waals surface area contributed by atoms with Crippen LogP contribution in [0.15, 0.2) is 18.2 Å². The molecule has 0 aliphatic rings. The lowest BCUT2D eigenvalue weighted by Crippen LogP contribution is -2.32. The molecule has 2 N–H and O–H groups in total. The van der Waals surface area contributed by atoms with Crippen LogP contribution in [-0.2, 0) is 11.2 Å². The Morgan fingerprint density at radius 2 is 2.06 bits per heavy atom. The van der Waals surface area contributed by atoms with Crippen molar-refractivity contribution in [1.29, 1.82) is 0 Å². The molecule has 0 fully saturated rings. The van der Waals surface area contributed by atoms with E-state index in [-0.39, 0.29) is 5.91 Å². The van der Waals surface area contributed by atoms with Crippen molar-refractivity contribution in [2.24, 2.45) is 0 Å². The molecule has 0 aliphatic carbocycles. The van der Waals surface area contributed by atoms with Crippen molar-refractivity contribution in [3.63, 3.8) is 0 Å². The van der Waals surface area contributed by atoms with Crippen LogP contribution in [0.5, 0.6) is 0 Å². The number of nitrogens with one attached hydrogen (secondary N) is 2. The number of carbonyl (C=O) groups excluding carboxylic acids is 1. The van der Waals surface area contributed by atoms with Crippen molar-refractivity contribution < 1.29 is 4.79 Å². The first-order chi connectivity index (χ1) is 8.13. The number of hydrogen-bond donors (Lipinski definition) is 2. The lowest BCUT2D eigenvalue weighted by molar-refractivity contribution is -0.120. The van der Waals surface area contributed by atoms with Crippen LogP contribution in [0.2, 0.25) is 0 Å². The third kappa shape index (κ3) is 5.00. The highest BCUT2D eigenvalue weighted by Crippen LogP contribution is 2.12. The fraction of sp³-hybridized carbons (Fsp3) is 0.500. The van der Waals surface area contributed by atoms with Gasteiger partial charge in [-0.2, -0.15) is 0 Å². The van der Waals surface area contributed by atoms with Gasteiger partial charge in [-0.1, -0.05) is 23.8 Å². The minimum atomic E-state index is 0.0634. The van der Waals surface area contributed by atoms with Gasteiger partial charge in [-0.3, -0.25) is 4.79 Å². The smallest absolute Gasteiger partial charge is 0.233 e. The zero-order chi connectivity index (χ0) is 12.7. The summed E-state index contributed by atoms with van der Waals surface area (Å²) in [4.78, 5) is 11.2. The Morgan fingerprint density at radius 1 is 1.29 bits per heavy atom. The molecule has 17 heavy (non-hydrogen) atoms. The van der Waals surface area contributed by atoms with Crippen molar-refractivity contribution in [1.82, 2.24) is 10.6 Å². The second-order valence-corrected chi connectivity index (χ2v) is 4.41. The molecule has 94 valence electrons. The summed E-state index contributed by atoms with van der Waals surface area (Å²) in [6, 6.07) is 6.52. The number of rotatable bonds is 6. The van der Waals surface area contributed by atoms with Crippen LogP contribution < -0.4 is 10.6 Å². The SMILES string of the molecule is CNCC(=O)NCCCc1cc(C)ccc1C. The fourth-order valence-electron chi connectivity index (χ4n) is 1.80. The first-order valence-electron chi connectivity index (χ1n) is 6.11. The Hall–Kier alpha value is -1.35. The van der Waals surface area contributed by atoms with Crippen LogP contribution in [0.1, 0.15) is 23.1 Å². The van der Waals surface area contributed by atoms with E-state index in [1.54, 1.807) is 7.05 Å². The number of benzene rings is 1. The van der Waals surface area contributed by atoms with Crippen LogP contribution in [0, 0.1) is 13.8 Å². The normalized spacial score (nSPS) is 10.3. The minimum absolute atomic E-state index is 0.0634. The second-order valence-electron chi connectivity index (χ2n) is 4.41. The standard InChI is InChI=1S/C14H22N2O/c1-11-6-7-12(2)13(9-11)5-4-8-16-14(17)10-15-3/h6-7,9,15H,4-5,8,10H2,1-3H3,(H,16,17). The summed E-state index contributed by atoms with van der Waals surface area (Å²) in [7, 11) is 1.77. The predicted molar refractivity (Wildman–Crippen MR) is 71.2 cm³/mol. The summed E-state index contributed by atoms with van der Waals surface area (Å²) in [5.74, 6) is 0.0634. The summed E-state index contributed by atoms with van der Waals surface area (Å²) < 4.78 is 0. The van der Waals surface area contributed by atoms with Gasteiger partial charge in [0, 0.05) is 6.54 Å². The molecule has 0 radical (unpaired) electrons. The van der Waals surface area contributed by atoms with Crippen LogP contribution in [0.3, 0.4) is 0 Å². The van der Waals surface area contributed by atoms with Gasteiger partial charge in [-0.25, -0.2) is 0 Å². The highest BCUT2D eigenvalue weighted by atomic mass is 16.1.